The van der Waals surface area contributed by atoms with Crippen molar-refractivity contribution in [2.45, 2.75) is 117 Å². The van der Waals surface area contributed by atoms with Crippen LogP contribution in [0.4, 0.5) is 13.2 Å². The fourth-order valence-electron chi connectivity index (χ4n) is 7.33. The quantitative estimate of drug-likeness (QED) is 0.376. The third-order valence-electron chi connectivity index (χ3n) is 10.6. The highest BCUT2D eigenvalue weighted by Gasteiger charge is 2.70. The first kappa shape index (κ1) is 32.1. The second kappa shape index (κ2) is 10.4. The molecule has 42 heavy (non-hydrogen) atoms. The average Bonchev–Trinajstić information content (AvgIpc) is 3.60. The van der Waals surface area contributed by atoms with Crippen molar-refractivity contribution in [2.24, 2.45) is 34.0 Å². The molecular formula is C30H44F3N5O4. The van der Waals surface area contributed by atoms with E-state index in [0.717, 1.165) is 12.8 Å². The van der Waals surface area contributed by atoms with E-state index in [9.17, 15) is 37.6 Å². The van der Waals surface area contributed by atoms with Crippen LogP contribution < -0.4 is 16.0 Å². The zero-order valence-electron chi connectivity index (χ0n) is 25.6. The third-order valence-corrected chi connectivity index (χ3v) is 10.6. The molecule has 4 aliphatic rings. The van der Waals surface area contributed by atoms with Crippen LogP contribution in [0.3, 0.4) is 0 Å². The summed E-state index contributed by atoms with van der Waals surface area (Å²) in [6.07, 6.45) is -3.19. The monoisotopic (exact) mass is 595 g/mol. The Labute approximate surface area is 245 Å². The van der Waals surface area contributed by atoms with E-state index in [1.165, 1.54) is 18.7 Å². The van der Waals surface area contributed by atoms with Crippen LogP contribution in [-0.4, -0.2) is 64.9 Å². The molecule has 4 rings (SSSR count). The molecule has 2 aliphatic carbocycles. The van der Waals surface area contributed by atoms with Gasteiger partial charge in [0.05, 0.1) is 6.07 Å². The molecule has 1 spiro atoms. The lowest BCUT2D eigenvalue weighted by Crippen LogP contribution is -2.62. The van der Waals surface area contributed by atoms with Gasteiger partial charge < -0.3 is 20.9 Å². The van der Waals surface area contributed by atoms with Crippen molar-refractivity contribution in [2.75, 3.05) is 6.54 Å². The molecule has 6 atom stereocenters. The first-order valence-corrected chi connectivity index (χ1v) is 15.0. The minimum Gasteiger partial charge on any atom is -0.350 e. The summed E-state index contributed by atoms with van der Waals surface area (Å²) in [6, 6.07) is -1.13. The predicted octanol–water partition coefficient (Wildman–Crippen LogP) is 3.44. The highest BCUT2D eigenvalue weighted by molar-refractivity contribution is 5.95. The van der Waals surface area contributed by atoms with Crippen molar-refractivity contribution in [3.63, 3.8) is 0 Å². The van der Waals surface area contributed by atoms with Gasteiger partial charge in [-0.25, -0.2) is 0 Å². The largest absolute Gasteiger partial charge is 0.403 e. The number of fused-ring (bicyclic) bond motifs is 1. The maximum absolute atomic E-state index is 14.1. The molecule has 3 N–H and O–H groups in total. The molecule has 0 radical (unpaired) electrons. The molecule has 2 heterocycles. The van der Waals surface area contributed by atoms with Crippen molar-refractivity contribution < 1.29 is 32.3 Å². The summed E-state index contributed by atoms with van der Waals surface area (Å²) in [7, 11) is 0. The fourth-order valence-corrected chi connectivity index (χ4v) is 7.33. The number of hydrogen-bond donors (Lipinski definition) is 3. The first-order valence-electron chi connectivity index (χ1n) is 15.0. The summed E-state index contributed by atoms with van der Waals surface area (Å²) >= 11 is 0. The van der Waals surface area contributed by atoms with Gasteiger partial charge in [0.2, 0.25) is 23.6 Å². The van der Waals surface area contributed by atoms with E-state index >= 15 is 0 Å². The Morgan fingerprint density at radius 2 is 1.71 bits per heavy atom. The van der Waals surface area contributed by atoms with Crippen LogP contribution in [0.2, 0.25) is 0 Å². The number of rotatable bonds is 9. The number of alkyl halides is 3. The first-order chi connectivity index (χ1) is 19.3. The van der Waals surface area contributed by atoms with Crippen LogP contribution in [0.5, 0.6) is 0 Å². The van der Waals surface area contributed by atoms with Gasteiger partial charge in [-0.05, 0) is 61.2 Å². The molecule has 4 fully saturated rings. The lowest BCUT2D eigenvalue weighted by Gasteiger charge is -2.40. The van der Waals surface area contributed by atoms with Crippen LogP contribution >= 0.6 is 0 Å². The van der Waals surface area contributed by atoms with Crippen LogP contribution in [0.25, 0.3) is 0 Å². The van der Waals surface area contributed by atoms with Gasteiger partial charge in [0.1, 0.15) is 23.5 Å². The third kappa shape index (κ3) is 5.37. The summed E-state index contributed by atoms with van der Waals surface area (Å²) in [5.74, 6) is -3.14. The Hall–Kier alpha value is -2.84. The number of carbonyl (C=O) groups is 4. The van der Waals surface area contributed by atoms with Crippen LogP contribution in [-0.2, 0) is 19.2 Å². The van der Waals surface area contributed by atoms with Gasteiger partial charge >= 0.3 is 6.18 Å². The molecule has 12 heteroatoms. The van der Waals surface area contributed by atoms with Crippen molar-refractivity contribution in [1.29, 1.82) is 5.26 Å². The topological polar surface area (TPSA) is 131 Å². The molecule has 0 aromatic heterocycles. The molecular weight excluding hydrogens is 551 g/mol. The number of nitrogens with one attached hydrogen (secondary N) is 3. The molecule has 9 nitrogen and oxygen atoms in total. The van der Waals surface area contributed by atoms with E-state index in [0.29, 0.717) is 6.42 Å². The van der Waals surface area contributed by atoms with Crippen LogP contribution in [0.15, 0.2) is 0 Å². The van der Waals surface area contributed by atoms with Gasteiger partial charge in [0.15, 0.2) is 0 Å². The Morgan fingerprint density at radius 1 is 1.12 bits per heavy atom. The second-order valence-electron chi connectivity index (χ2n) is 14.5. The maximum Gasteiger partial charge on any atom is 0.403 e. The zero-order valence-corrected chi connectivity index (χ0v) is 25.6. The normalized spacial score (nSPS) is 28.8. The Morgan fingerprint density at radius 3 is 2.17 bits per heavy atom. The Balaban J connectivity index is 1.54. The molecule has 2 aliphatic heterocycles. The van der Waals surface area contributed by atoms with Gasteiger partial charge in [-0.3, -0.25) is 19.2 Å². The van der Waals surface area contributed by atoms with E-state index in [2.05, 4.69) is 22.0 Å². The highest BCUT2D eigenvalue weighted by Crippen LogP contribution is 2.65. The van der Waals surface area contributed by atoms with Crippen LogP contribution in [0, 0.1) is 45.3 Å². The lowest BCUT2D eigenvalue weighted by atomic mass is 9.78. The summed E-state index contributed by atoms with van der Waals surface area (Å²) in [4.78, 5) is 54.8. The molecule has 4 amide bonds. The molecule has 2 saturated carbocycles. The average molecular weight is 596 g/mol. The number of hydrogen-bond acceptors (Lipinski definition) is 5. The minimum atomic E-state index is -4.81. The molecule has 0 aromatic carbocycles. The standard InChI is InChI=1S/C30H44F3N5O4/c1-8-29(9-2,30(31,32)33)25(42)36-21(26(3,4)5)24(41)38-15-18-19(27(18,6)7)20(38)23(40)35-17(14-34)12-16-13-28(10-11-28)37-22(16)39/h16-21H,8-13,15H2,1-7H3,(H,35,40)(H,36,42)(H,37,39)/t16-,17+,18+,19+,20+,21-/m1/s1. The van der Waals surface area contributed by atoms with Crippen LogP contribution in [0.1, 0.15) is 87.0 Å². The van der Waals surface area contributed by atoms with Crippen molar-refractivity contribution in [3.8, 4) is 6.07 Å². The summed E-state index contributed by atoms with van der Waals surface area (Å²) < 4.78 is 42.3. The number of nitrogens with zero attached hydrogens (tertiary/aromatic N) is 2. The molecule has 0 aromatic rings. The number of amides is 4. The van der Waals surface area contributed by atoms with E-state index < -0.39 is 71.6 Å². The Bertz CT molecular complexity index is 1180. The molecule has 0 unspecified atom stereocenters. The second-order valence-corrected chi connectivity index (χ2v) is 14.5. The lowest BCUT2D eigenvalue weighted by molar-refractivity contribution is -0.224. The summed E-state index contributed by atoms with van der Waals surface area (Å²) in [5, 5.41) is 18.0. The van der Waals surface area contributed by atoms with Crippen molar-refractivity contribution >= 4 is 23.6 Å². The van der Waals surface area contributed by atoms with Gasteiger partial charge in [-0.15, -0.1) is 0 Å². The van der Waals surface area contributed by atoms with Gasteiger partial charge in [-0.1, -0.05) is 48.5 Å². The van der Waals surface area contributed by atoms with Gasteiger partial charge in [0, 0.05) is 18.0 Å². The SMILES string of the molecule is CCC(CC)(C(=O)N[C@H](C(=O)N1C[C@H]2[C@@H]([C@H]1C(=O)N[C@H](C#N)C[C@@H]1CC3(CC3)NC1=O)C2(C)C)C(C)(C)C)C(F)(F)F. The minimum absolute atomic E-state index is 0.00932. The van der Waals surface area contributed by atoms with E-state index in [1.54, 1.807) is 20.8 Å². The number of nitriles is 1. The van der Waals surface area contributed by atoms with E-state index in [1.807, 2.05) is 13.8 Å². The number of likely N-dealkylation sites (tertiary alicyclic amines) is 1. The predicted molar refractivity (Wildman–Crippen MR) is 147 cm³/mol. The molecule has 234 valence electrons. The summed E-state index contributed by atoms with van der Waals surface area (Å²) in [5.41, 5.74) is -4.02. The molecule has 0 bridgehead atoms. The van der Waals surface area contributed by atoms with Crippen molar-refractivity contribution in [3.05, 3.63) is 0 Å². The van der Waals surface area contributed by atoms with Crippen molar-refractivity contribution in [1.82, 2.24) is 20.9 Å². The number of halogens is 3. The number of piperidine rings is 1. The Kier molecular flexibility index (Phi) is 7.95. The highest BCUT2D eigenvalue weighted by atomic mass is 19.4. The number of carbonyl (C=O) groups excluding carboxylic acids is 4. The van der Waals surface area contributed by atoms with E-state index in [4.69, 9.17) is 0 Å². The van der Waals surface area contributed by atoms with E-state index in [-0.39, 0.29) is 41.7 Å². The fraction of sp³-hybridized carbons (Fsp3) is 0.833. The summed E-state index contributed by atoms with van der Waals surface area (Å²) in [6.45, 7) is 11.8. The molecule has 2 saturated heterocycles. The smallest absolute Gasteiger partial charge is 0.350 e. The zero-order chi connectivity index (χ0) is 31.6. The van der Waals surface area contributed by atoms with Gasteiger partial charge in [-0.2, -0.15) is 18.4 Å². The van der Waals surface area contributed by atoms with Gasteiger partial charge in [0.25, 0.3) is 0 Å². The maximum atomic E-state index is 14.1.